The molecule has 0 radical (unpaired) electrons. The van der Waals surface area contributed by atoms with Crippen molar-refractivity contribution in [3.8, 4) is 0 Å². The lowest BCUT2D eigenvalue weighted by atomic mass is 10.1. The van der Waals surface area contributed by atoms with Gasteiger partial charge in [-0.2, -0.15) is 0 Å². The standard InChI is InChI=1S/C12H16O4/c1-11(2,3)16-10(15)12(9(13)14)6-8(12)7-4-5-7/h4-6H2,1-3H3,(H,13,14). The normalized spacial score (nSPS) is 27.7. The van der Waals surface area contributed by atoms with E-state index >= 15 is 0 Å². The maximum atomic E-state index is 11.9. The first-order valence-corrected chi connectivity index (χ1v) is 5.45. The summed E-state index contributed by atoms with van der Waals surface area (Å²) < 4.78 is 5.18. The Bertz CT molecular complexity index is 394. The van der Waals surface area contributed by atoms with Gasteiger partial charge in [0, 0.05) is 6.42 Å². The Morgan fingerprint density at radius 1 is 1.31 bits per heavy atom. The van der Waals surface area contributed by atoms with Gasteiger partial charge in [-0.25, -0.2) is 0 Å². The number of hydrogen-bond acceptors (Lipinski definition) is 3. The highest BCUT2D eigenvalue weighted by Crippen LogP contribution is 2.59. The first-order chi connectivity index (χ1) is 7.27. The van der Waals surface area contributed by atoms with Crippen LogP contribution in [0.1, 0.15) is 40.0 Å². The van der Waals surface area contributed by atoms with Crippen molar-refractivity contribution in [3.63, 3.8) is 0 Å². The van der Waals surface area contributed by atoms with Crippen LogP contribution in [-0.2, 0) is 14.3 Å². The second-order valence-corrected chi connectivity index (χ2v) is 5.47. The Kier molecular flexibility index (Phi) is 2.16. The van der Waals surface area contributed by atoms with Crippen LogP contribution in [0.2, 0.25) is 0 Å². The van der Waals surface area contributed by atoms with Crippen molar-refractivity contribution in [2.45, 2.75) is 45.6 Å². The molecule has 0 amide bonds. The van der Waals surface area contributed by atoms with Crippen LogP contribution in [0.5, 0.6) is 0 Å². The average molecular weight is 224 g/mol. The predicted octanol–water partition coefficient (Wildman–Crippen LogP) is 1.89. The Labute approximate surface area is 94.3 Å². The number of carboxylic acid groups (broad SMARTS) is 1. The van der Waals surface area contributed by atoms with Crippen LogP contribution in [0, 0.1) is 5.41 Å². The van der Waals surface area contributed by atoms with Gasteiger partial charge in [0.15, 0.2) is 5.41 Å². The minimum Gasteiger partial charge on any atom is -0.480 e. The first kappa shape index (κ1) is 11.2. The molecule has 0 spiro atoms. The van der Waals surface area contributed by atoms with Gasteiger partial charge in [0.2, 0.25) is 0 Å². The van der Waals surface area contributed by atoms with Crippen LogP contribution < -0.4 is 0 Å². The molecule has 2 aliphatic carbocycles. The minimum absolute atomic E-state index is 0.340. The Balaban J connectivity index is 2.21. The molecule has 2 saturated carbocycles. The molecule has 0 aliphatic heterocycles. The van der Waals surface area contributed by atoms with Gasteiger partial charge in [0.05, 0.1) is 0 Å². The van der Waals surface area contributed by atoms with Gasteiger partial charge in [-0.05, 0) is 39.2 Å². The summed E-state index contributed by atoms with van der Waals surface area (Å²) in [5.41, 5.74) is -0.0666. The van der Waals surface area contributed by atoms with Crippen LogP contribution in [0.25, 0.3) is 0 Å². The van der Waals surface area contributed by atoms with Crippen molar-refractivity contribution in [1.82, 2.24) is 0 Å². The molecule has 4 heteroatoms. The number of esters is 1. The van der Waals surface area contributed by atoms with Gasteiger partial charge in [-0.15, -0.1) is 0 Å². The number of ether oxygens (including phenoxy) is 1. The molecule has 2 aliphatic rings. The van der Waals surface area contributed by atoms with Crippen molar-refractivity contribution >= 4 is 11.9 Å². The number of rotatable bonds is 2. The van der Waals surface area contributed by atoms with E-state index in [1.807, 2.05) is 0 Å². The molecule has 4 nitrogen and oxygen atoms in total. The summed E-state index contributed by atoms with van der Waals surface area (Å²) >= 11 is 0. The average Bonchev–Trinajstić information content (AvgIpc) is 2.96. The quantitative estimate of drug-likeness (QED) is 0.442. The zero-order valence-corrected chi connectivity index (χ0v) is 9.79. The fourth-order valence-corrected chi connectivity index (χ4v) is 1.86. The van der Waals surface area contributed by atoms with Crippen molar-refractivity contribution in [3.05, 3.63) is 11.1 Å². The van der Waals surface area contributed by atoms with Crippen LogP contribution in [0.15, 0.2) is 11.1 Å². The second-order valence-electron chi connectivity index (χ2n) is 5.47. The Morgan fingerprint density at radius 3 is 2.25 bits per heavy atom. The van der Waals surface area contributed by atoms with Crippen LogP contribution in [-0.4, -0.2) is 22.6 Å². The highest BCUT2D eigenvalue weighted by molar-refractivity contribution is 6.08. The third-order valence-corrected chi connectivity index (χ3v) is 2.87. The van der Waals surface area contributed by atoms with E-state index < -0.39 is 23.0 Å². The van der Waals surface area contributed by atoms with Crippen molar-refractivity contribution < 1.29 is 19.4 Å². The fourth-order valence-electron chi connectivity index (χ4n) is 1.86. The maximum Gasteiger partial charge on any atom is 0.328 e. The van der Waals surface area contributed by atoms with Crippen LogP contribution in [0.3, 0.4) is 0 Å². The molecule has 16 heavy (non-hydrogen) atoms. The number of allylic oxidation sites excluding steroid dienone is 1. The maximum absolute atomic E-state index is 11.9. The summed E-state index contributed by atoms with van der Waals surface area (Å²) in [6.45, 7) is 5.23. The van der Waals surface area contributed by atoms with E-state index in [1.54, 1.807) is 20.8 Å². The SMILES string of the molecule is CC(C)(C)OC(=O)C1(C(=O)O)CC1=C1CC1. The van der Waals surface area contributed by atoms with Crippen molar-refractivity contribution in [2.24, 2.45) is 5.41 Å². The first-order valence-electron chi connectivity index (χ1n) is 5.45. The van der Waals surface area contributed by atoms with E-state index in [0.29, 0.717) is 6.42 Å². The Morgan fingerprint density at radius 2 is 1.88 bits per heavy atom. The highest BCUT2D eigenvalue weighted by Gasteiger charge is 2.65. The van der Waals surface area contributed by atoms with Crippen molar-refractivity contribution in [2.75, 3.05) is 0 Å². The summed E-state index contributed by atoms with van der Waals surface area (Å²) in [5.74, 6) is -1.68. The number of hydrogen-bond donors (Lipinski definition) is 1. The summed E-state index contributed by atoms with van der Waals surface area (Å²) in [6, 6.07) is 0. The molecule has 0 bridgehead atoms. The molecule has 0 saturated heterocycles. The van der Waals surface area contributed by atoms with Gasteiger partial charge >= 0.3 is 11.9 Å². The summed E-state index contributed by atoms with van der Waals surface area (Å²) in [7, 11) is 0. The Hall–Kier alpha value is -1.32. The van der Waals surface area contributed by atoms with Gasteiger partial charge in [-0.1, -0.05) is 5.57 Å². The summed E-state index contributed by atoms with van der Waals surface area (Å²) in [4.78, 5) is 23.1. The second kappa shape index (κ2) is 3.09. The molecule has 2 rings (SSSR count). The van der Waals surface area contributed by atoms with Gasteiger partial charge in [0.25, 0.3) is 0 Å². The van der Waals surface area contributed by atoms with Gasteiger partial charge in [0.1, 0.15) is 5.60 Å². The van der Waals surface area contributed by atoms with E-state index in [9.17, 15) is 14.7 Å². The third kappa shape index (κ3) is 1.72. The van der Waals surface area contributed by atoms with Gasteiger partial charge < -0.3 is 9.84 Å². The monoisotopic (exact) mass is 224 g/mol. The molecule has 1 atom stereocenters. The summed E-state index contributed by atoms with van der Waals surface area (Å²) in [6.07, 6.45) is 2.22. The van der Waals surface area contributed by atoms with Crippen molar-refractivity contribution in [1.29, 1.82) is 0 Å². The number of aliphatic carboxylic acids is 1. The fraction of sp³-hybridized carbons (Fsp3) is 0.667. The largest absolute Gasteiger partial charge is 0.480 e. The van der Waals surface area contributed by atoms with E-state index in [0.717, 1.165) is 24.0 Å². The van der Waals surface area contributed by atoms with E-state index in [4.69, 9.17) is 4.74 Å². The molecule has 0 heterocycles. The molecular formula is C12H16O4. The zero-order chi connectivity index (χ0) is 12.1. The molecule has 0 aromatic rings. The van der Waals surface area contributed by atoms with Crippen LogP contribution in [0.4, 0.5) is 0 Å². The molecule has 0 aromatic heterocycles. The smallest absolute Gasteiger partial charge is 0.328 e. The number of carbonyl (C=O) groups excluding carboxylic acids is 1. The van der Waals surface area contributed by atoms with Crippen LogP contribution >= 0.6 is 0 Å². The lowest BCUT2D eigenvalue weighted by molar-refractivity contribution is -0.168. The molecule has 88 valence electrons. The third-order valence-electron chi connectivity index (χ3n) is 2.87. The highest BCUT2D eigenvalue weighted by atomic mass is 16.6. The van der Waals surface area contributed by atoms with E-state index in [1.165, 1.54) is 0 Å². The molecule has 2 fully saturated rings. The zero-order valence-electron chi connectivity index (χ0n) is 9.79. The number of carbonyl (C=O) groups is 2. The summed E-state index contributed by atoms with van der Waals surface area (Å²) in [5, 5.41) is 9.18. The predicted molar refractivity (Wildman–Crippen MR) is 56.8 cm³/mol. The minimum atomic E-state index is -1.35. The lowest BCUT2D eigenvalue weighted by Crippen LogP contribution is -2.34. The number of carboxylic acids is 1. The lowest BCUT2D eigenvalue weighted by Gasteiger charge is -2.21. The topological polar surface area (TPSA) is 63.6 Å². The van der Waals surface area contributed by atoms with E-state index in [2.05, 4.69) is 0 Å². The molecule has 1 unspecified atom stereocenters. The van der Waals surface area contributed by atoms with E-state index in [-0.39, 0.29) is 0 Å². The van der Waals surface area contributed by atoms with Gasteiger partial charge in [-0.3, -0.25) is 9.59 Å². The molecular weight excluding hydrogens is 208 g/mol. The molecule has 1 N–H and O–H groups in total. The molecule has 0 aromatic carbocycles.